The van der Waals surface area contributed by atoms with E-state index in [0.717, 1.165) is 24.0 Å². The smallest absolute Gasteiger partial charge is 0.160 e. The van der Waals surface area contributed by atoms with Gasteiger partial charge in [0.25, 0.3) is 0 Å². The molecule has 0 unspecified atom stereocenters. The summed E-state index contributed by atoms with van der Waals surface area (Å²) in [7, 11) is 0. The standard InChI is InChI=1S/C9H8O2/c10-6-8-5-7-3-1-2-4-9(7)11-8/h1-4,6,8H,5H2/t8-/m1/s1. The molecule has 2 rings (SSSR count). The Morgan fingerprint density at radius 3 is 3.00 bits per heavy atom. The van der Waals surface area contributed by atoms with Crippen molar-refractivity contribution in [2.24, 2.45) is 0 Å². The summed E-state index contributed by atoms with van der Waals surface area (Å²) in [4.78, 5) is 10.4. The zero-order valence-corrected chi connectivity index (χ0v) is 5.99. The predicted molar refractivity (Wildman–Crippen MR) is 40.6 cm³/mol. The van der Waals surface area contributed by atoms with E-state index in [-0.39, 0.29) is 6.10 Å². The van der Waals surface area contributed by atoms with Gasteiger partial charge in [-0.1, -0.05) is 18.2 Å². The molecule has 1 heterocycles. The third kappa shape index (κ3) is 1.00. The van der Waals surface area contributed by atoms with Crippen LogP contribution < -0.4 is 4.74 Å². The van der Waals surface area contributed by atoms with Crippen molar-refractivity contribution in [3.05, 3.63) is 29.8 Å². The second-order valence-electron chi connectivity index (χ2n) is 2.60. The van der Waals surface area contributed by atoms with Gasteiger partial charge < -0.3 is 4.74 Å². The van der Waals surface area contributed by atoms with Crippen molar-refractivity contribution in [1.29, 1.82) is 0 Å². The lowest BCUT2D eigenvalue weighted by atomic mass is 10.1. The molecule has 11 heavy (non-hydrogen) atoms. The van der Waals surface area contributed by atoms with E-state index in [2.05, 4.69) is 0 Å². The molecule has 0 aliphatic carbocycles. The van der Waals surface area contributed by atoms with Gasteiger partial charge in [0.1, 0.15) is 5.75 Å². The van der Waals surface area contributed by atoms with Crippen molar-refractivity contribution in [2.45, 2.75) is 12.5 Å². The minimum absolute atomic E-state index is 0.257. The van der Waals surface area contributed by atoms with Crippen LogP contribution in [0, 0.1) is 0 Å². The maximum Gasteiger partial charge on any atom is 0.160 e. The molecule has 2 nitrogen and oxygen atoms in total. The largest absolute Gasteiger partial charge is 0.482 e. The first kappa shape index (κ1) is 6.40. The lowest BCUT2D eigenvalue weighted by Crippen LogP contribution is -2.13. The fraction of sp³-hybridized carbons (Fsp3) is 0.222. The Morgan fingerprint density at radius 2 is 2.27 bits per heavy atom. The summed E-state index contributed by atoms with van der Waals surface area (Å²) in [6, 6.07) is 7.74. The van der Waals surface area contributed by atoms with Crippen LogP contribution in [0.15, 0.2) is 24.3 Å². The molecule has 1 aliphatic heterocycles. The van der Waals surface area contributed by atoms with E-state index in [9.17, 15) is 4.79 Å². The lowest BCUT2D eigenvalue weighted by molar-refractivity contribution is -0.113. The fourth-order valence-corrected chi connectivity index (χ4v) is 1.28. The molecule has 0 amide bonds. The van der Waals surface area contributed by atoms with Crippen LogP contribution in [-0.4, -0.2) is 12.4 Å². The van der Waals surface area contributed by atoms with Crippen LogP contribution in [0.1, 0.15) is 5.56 Å². The molecule has 1 aromatic rings. The van der Waals surface area contributed by atoms with Crippen molar-refractivity contribution in [2.75, 3.05) is 0 Å². The van der Waals surface area contributed by atoms with E-state index < -0.39 is 0 Å². The number of hydrogen-bond acceptors (Lipinski definition) is 2. The maximum atomic E-state index is 10.4. The maximum absolute atomic E-state index is 10.4. The van der Waals surface area contributed by atoms with E-state index in [4.69, 9.17) is 4.74 Å². The van der Waals surface area contributed by atoms with Crippen molar-refractivity contribution < 1.29 is 9.53 Å². The van der Waals surface area contributed by atoms with Gasteiger partial charge in [-0.15, -0.1) is 0 Å². The summed E-state index contributed by atoms with van der Waals surface area (Å²) >= 11 is 0. The topological polar surface area (TPSA) is 26.3 Å². The Morgan fingerprint density at radius 1 is 1.45 bits per heavy atom. The quantitative estimate of drug-likeness (QED) is 0.559. The molecule has 2 heteroatoms. The Balaban J connectivity index is 2.33. The van der Waals surface area contributed by atoms with Crippen LogP contribution in [0.2, 0.25) is 0 Å². The molecule has 0 saturated carbocycles. The summed E-state index contributed by atoms with van der Waals surface area (Å²) in [5.41, 5.74) is 1.13. The third-order valence-corrected chi connectivity index (χ3v) is 1.82. The average molecular weight is 148 g/mol. The molecule has 0 radical (unpaired) electrons. The lowest BCUT2D eigenvalue weighted by Gasteiger charge is -1.99. The van der Waals surface area contributed by atoms with Gasteiger partial charge in [-0.2, -0.15) is 0 Å². The Bertz CT molecular complexity index is 256. The van der Waals surface area contributed by atoms with E-state index in [1.54, 1.807) is 0 Å². The highest BCUT2D eigenvalue weighted by molar-refractivity contribution is 5.60. The monoisotopic (exact) mass is 148 g/mol. The average Bonchev–Trinajstić information content (AvgIpc) is 2.46. The number of rotatable bonds is 1. The number of fused-ring (bicyclic) bond motifs is 1. The summed E-state index contributed by atoms with van der Waals surface area (Å²) in [6.45, 7) is 0. The molecule has 0 bridgehead atoms. The number of ether oxygens (including phenoxy) is 1. The zero-order chi connectivity index (χ0) is 7.68. The second-order valence-corrected chi connectivity index (χ2v) is 2.60. The molecular formula is C9H8O2. The number of para-hydroxylation sites is 1. The van der Waals surface area contributed by atoms with Crippen LogP contribution in [0.3, 0.4) is 0 Å². The summed E-state index contributed by atoms with van der Waals surface area (Å²) in [6.07, 6.45) is 1.31. The zero-order valence-electron chi connectivity index (χ0n) is 5.99. The molecule has 0 aromatic heterocycles. The molecule has 56 valence electrons. The van der Waals surface area contributed by atoms with Crippen molar-refractivity contribution in [3.63, 3.8) is 0 Å². The van der Waals surface area contributed by atoms with E-state index in [0.29, 0.717) is 0 Å². The third-order valence-electron chi connectivity index (χ3n) is 1.82. The molecule has 1 aromatic carbocycles. The van der Waals surface area contributed by atoms with Crippen LogP contribution in [-0.2, 0) is 11.2 Å². The minimum Gasteiger partial charge on any atom is -0.482 e. The first-order chi connectivity index (χ1) is 5.40. The van der Waals surface area contributed by atoms with E-state index in [1.165, 1.54) is 0 Å². The van der Waals surface area contributed by atoms with Gasteiger partial charge in [0.2, 0.25) is 0 Å². The van der Waals surface area contributed by atoms with Crippen molar-refractivity contribution in [3.8, 4) is 5.75 Å². The van der Waals surface area contributed by atoms with Gasteiger partial charge in [0, 0.05) is 6.42 Å². The van der Waals surface area contributed by atoms with Crippen LogP contribution in [0.25, 0.3) is 0 Å². The number of hydrogen-bond donors (Lipinski definition) is 0. The minimum atomic E-state index is -0.257. The van der Waals surface area contributed by atoms with E-state index in [1.807, 2.05) is 24.3 Å². The van der Waals surface area contributed by atoms with Gasteiger partial charge in [0.05, 0.1) is 0 Å². The second kappa shape index (κ2) is 2.38. The molecule has 0 saturated heterocycles. The molecule has 0 spiro atoms. The van der Waals surface area contributed by atoms with Gasteiger partial charge in [0.15, 0.2) is 12.4 Å². The fourth-order valence-electron chi connectivity index (χ4n) is 1.28. The SMILES string of the molecule is O=C[C@H]1Cc2ccccc2O1. The molecule has 0 fully saturated rings. The Kier molecular flexibility index (Phi) is 1.39. The number of aldehydes is 1. The first-order valence-electron chi connectivity index (χ1n) is 3.60. The number of benzene rings is 1. The molecule has 1 atom stereocenters. The van der Waals surface area contributed by atoms with Crippen LogP contribution in [0.5, 0.6) is 5.75 Å². The van der Waals surface area contributed by atoms with Crippen LogP contribution >= 0.6 is 0 Å². The van der Waals surface area contributed by atoms with E-state index >= 15 is 0 Å². The van der Waals surface area contributed by atoms with Gasteiger partial charge >= 0.3 is 0 Å². The molecule has 1 aliphatic rings. The highest BCUT2D eigenvalue weighted by Crippen LogP contribution is 2.26. The Labute approximate surface area is 64.8 Å². The molecular weight excluding hydrogens is 140 g/mol. The predicted octanol–water partition coefficient (Wildman–Crippen LogP) is 1.19. The highest BCUT2D eigenvalue weighted by atomic mass is 16.5. The Hall–Kier alpha value is -1.31. The summed E-state index contributed by atoms with van der Waals surface area (Å²) < 4.78 is 5.29. The number of carbonyl (C=O) groups is 1. The molecule has 0 N–H and O–H groups in total. The highest BCUT2D eigenvalue weighted by Gasteiger charge is 2.20. The summed E-state index contributed by atoms with van der Waals surface area (Å²) in [5.74, 6) is 0.851. The van der Waals surface area contributed by atoms with Crippen LogP contribution in [0.4, 0.5) is 0 Å². The normalized spacial score (nSPS) is 20.5. The van der Waals surface area contributed by atoms with Crippen molar-refractivity contribution >= 4 is 6.29 Å². The summed E-state index contributed by atoms with van der Waals surface area (Å²) in [5, 5.41) is 0. The first-order valence-corrected chi connectivity index (χ1v) is 3.60. The van der Waals surface area contributed by atoms with Gasteiger partial charge in [-0.3, -0.25) is 4.79 Å². The number of carbonyl (C=O) groups excluding carboxylic acids is 1. The van der Waals surface area contributed by atoms with Crippen molar-refractivity contribution in [1.82, 2.24) is 0 Å². The van der Waals surface area contributed by atoms with Gasteiger partial charge in [-0.05, 0) is 11.6 Å². The van der Waals surface area contributed by atoms with Gasteiger partial charge in [-0.25, -0.2) is 0 Å².